The number of primary amides is 1. The van der Waals surface area contributed by atoms with E-state index in [1.807, 2.05) is 18.2 Å². The lowest BCUT2D eigenvalue weighted by molar-refractivity contribution is 0.100. The molecule has 58 valence electrons. The molecule has 1 atom stereocenters. The zero-order valence-electron chi connectivity index (χ0n) is 6.29. The summed E-state index contributed by atoms with van der Waals surface area (Å²) in [5.41, 5.74) is 5.70. The minimum atomic E-state index is -0.356. The van der Waals surface area contributed by atoms with Crippen LogP contribution in [-0.2, 0) is 0 Å². The summed E-state index contributed by atoms with van der Waals surface area (Å²) in [6, 6.07) is 7.41. The van der Waals surface area contributed by atoms with Crippen molar-refractivity contribution in [3.63, 3.8) is 0 Å². The first kappa shape index (κ1) is 8.22. The summed E-state index contributed by atoms with van der Waals surface area (Å²) in [4.78, 5) is 10.7. The fraction of sp³-hybridized carbons (Fsp3) is 0.125. The molecular weight excluding hydrogens is 157 g/mol. The quantitative estimate of drug-likeness (QED) is 0.648. The van der Waals surface area contributed by atoms with Crippen LogP contribution in [0, 0.1) is 0 Å². The molecule has 1 unspecified atom stereocenters. The molecule has 0 heterocycles. The van der Waals surface area contributed by atoms with E-state index in [1.54, 1.807) is 6.07 Å². The molecule has 0 spiro atoms. The number of nitrogens with two attached hydrogens (primary N) is 1. The van der Waals surface area contributed by atoms with Crippen LogP contribution in [0.25, 0.3) is 0 Å². The number of benzene rings is 1. The van der Waals surface area contributed by atoms with E-state index in [9.17, 15) is 4.79 Å². The van der Waals surface area contributed by atoms with E-state index in [0.717, 1.165) is 0 Å². The lowest BCUT2D eigenvalue weighted by Gasteiger charge is -1.97. The van der Waals surface area contributed by atoms with Gasteiger partial charge in [0, 0.05) is 5.56 Å². The summed E-state index contributed by atoms with van der Waals surface area (Å²) in [6.07, 6.45) is 0. The molecule has 0 saturated heterocycles. The highest BCUT2D eigenvalue weighted by atomic mass is 31.1. The molecule has 0 aliphatic carbocycles. The molecule has 2 nitrogen and oxygen atoms in total. The van der Waals surface area contributed by atoms with Crippen molar-refractivity contribution in [3.05, 3.63) is 29.8 Å². The topological polar surface area (TPSA) is 43.1 Å². The van der Waals surface area contributed by atoms with Crippen molar-refractivity contribution in [1.82, 2.24) is 0 Å². The van der Waals surface area contributed by atoms with Crippen molar-refractivity contribution in [1.29, 1.82) is 0 Å². The summed E-state index contributed by atoms with van der Waals surface area (Å²) in [6.45, 7) is 2.07. The largest absolute Gasteiger partial charge is 0.366 e. The maximum absolute atomic E-state index is 10.7. The smallest absolute Gasteiger partial charge is 0.248 e. The lowest BCUT2D eigenvalue weighted by Crippen LogP contribution is -2.12. The van der Waals surface area contributed by atoms with Gasteiger partial charge in [-0.3, -0.25) is 4.79 Å². The van der Waals surface area contributed by atoms with Crippen LogP contribution in [0.15, 0.2) is 24.3 Å². The summed E-state index contributed by atoms with van der Waals surface area (Å²) in [5, 5.41) is 1.17. The Kier molecular flexibility index (Phi) is 2.61. The molecule has 0 aliphatic rings. The second-order valence-electron chi connectivity index (χ2n) is 2.20. The molecular formula is C8H10NOP. The molecule has 0 aromatic heterocycles. The summed E-state index contributed by atoms with van der Waals surface area (Å²) in [7, 11) is 0.711. The summed E-state index contributed by atoms with van der Waals surface area (Å²) < 4.78 is 0. The Labute approximate surface area is 67.6 Å². The van der Waals surface area contributed by atoms with Gasteiger partial charge in [0.05, 0.1) is 0 Å². The van der Waals surface area contributed by atoms with Gasteiger partial charge >= 0.3 is 0 Å². The van der Waals surface area contributed by atoms with Gasteiger partial charge in [0.15, 0.2) is 0 Å². The highest BCUT2D eigenvalue weighted by Gasteiger charge is 1.98. The molecule has 0 bridgehead atoms. The molecule has 1 aromatic rings. The summed E-state index contributed by atoms with van der Waals surface area (Å²) in [5.74, 6) is -0.356. The minimum Gasteiger partial charge on any atom is -0.366 e. The van der Waals surface area contributed by atoms with Crippen molar-refractivity contribution < 1.29 is 4.79 Å². The Morgan fingerprint density at radius 1 is 1.55 bits per heavy atom. The molecule has 11 heavy (non-hydrogen) atoms. The zero-order chi connectivity index (χ0) is 8.27. The maximum Gasteiger partial charge on any atom is 0.248 e. The van der Waals surface area contributed by atoms with Gasteiger partial charge < -0.3 is 5.73 Å². The first-order chi connectivity index (χ1) is 5.24. The third kappa shape index (κ3) is 2.02. The van der Waals surface area contributed by atoms with Crippen LogP contribution < -0.4 is 11.0 Å². The number of rotatable bonds is 2. The second-order valence-corrected chi connectivity index (χ2v) is 3.27. The Hall–Kier alpha value is -0.880. The average Bonchev–Trinajstić information content (AvgIpc) is 2.05. The van der Waals surface area contributed by atoms with Gasteiger partial charge in [0.2, 0.25) is 5.91 Å². The molecule has 1 amide bonds. The van der Waals surface area contributed by atoms with E-state index in [0.29, 0.717) is 14.1 Å². The Morgan fingerprint density at radius 3 is 2.82 bits per heavy atom. The second kappa shape index (κ2) is 3.49. The first-order valence-electron chi connectivity index (χ1n) is 3.31. The van der Waals surface area contributed by atoms with Gasteiger partial charge in [-0.1, -0.05) is 20.7 Å². The van der Waals surface area contributed by atoms with E-state index >= 15 is 0 Å². The normalized spacial score (nSPS) is 10.6. The zero-order valence-corrected chi connectivity index (χ0v) is 7.29. The van der Waals surface area contributed by atoms with Crippen molar-refractivity contribution in [2.24, 2.45) is 5.73 Å². The predicted molar refractivity (Wildman–Crippen MR) is 48.8 cm³/mol. The van der Waals surface area contributed by atoms with E-state index < -0.39 is 0 Å². The van der Waals surface area contributed by atoms with E-state index in [-0.39, 0.29) is 5.91 Å². The SMILES string of the molecule is CPc1cccc(C(N)=O)c1. The Morgan fingerprint density at radius 2 is 2.27 bits per heavy atom. The average molecular weight is 167 g/mol. The van der Waals surface area contributed by atoms with Crippen molar-refractivity contribution >= 4 is 19.8 Å². The van der Waals surface area contributed by atoms with Gasteiger partial charge in [-0.05, 0) is 24.1 Å². The molecule has 1 rings (SSSR count). The van der Waals surface area contributed by atoms with Crippen molar-refractivity contribution in [2.45, 2.75) is 0 Å². The van der Waals surface area contributed by atoms with Gasteiger partial charge in [0.25, 0.3) is 0 Å². The molecule has 1 aromatic carbocycles. The predicted octanol–water partition coefficient (Wildman–Crippen LogP) is 0.719. The summed E-state index contributed by atoms with van der Waals surface area (Å²) >= 11 is 0. The standard InChI is InChI=1S/C8H10NOP/c1-11-7-4-2-3-6(5-7)8(9)10/h2-5,11H,1H3,(H2,9,10). The van der Waals surface area contributed by atoms with Crippen LogP contribution >= 0.6 is 8.58 Å². The lowest BCUT2D eigenvalue weighted by atomic mass is 10.2. The molecule has 0 radical (unpaired) electrons. The number of hydrogen-bond acceptors (Lipinski definition) is 1. The highest BCUT2D eigenvalue weighted by Crippen LogP contribution is 2.05. The van der Waals surface area contributed by atoms with Gasteiger partial charge in [0.1, 0.15) is 0 Å². The number of carbonyl (C=O) groups excluding carboxylic acids is 1. The number of carbonyl (C=O) groups is 1. The number of amides is 1. The van der Waals surface area contributed by atoms with Crippen LogP contribution in [0.4, 0.5) is 0 Å². The van der Waals surface area contributed by atoms with Crippen LogP contribution in [0.2, 0.25) is 0 Å². The third-order valence-corrected chi connectivity index (χ3v) is 2.32. The number of hydrogen-bond donors (Lipinski definition) is 1. The van der Waals surface area contributed by atoms with Gasteiger partial charge in [-0.25, -0.2) is 0 Å². The van der Waals surface area contributed by atoms with Crippen LogP contribution in [0.5, 0.6) is 0 Å². The first-order valence-corrected chi connectivity index (χ1v) is 4.81. The van der Waals surface area contributed by atoms with E-state index in [1.165, 1.54) is 5.30 Å². The molecule has 0 saturated carbocycles. The molecule has 3 heteroatoms. The molecule has 0 aliphatic heterocycles. The van der Waals surface area contributed by atoms with Gasteiger partial charge in [-0.2, -0.15) is 0 Å². The van der Waals surface area contributed by atoms with Crippen molar-refractivity contribution in [3.8, 4) is 0 Å². The van der Waals surface area contributed by atoms with Crippen LogP contribution in [0.1, 0.15) is 10.4 Å². The molecule has 2 N–H and O–H groups in total. The maximum atomic E-state index is 10.7. The fourth-order valence-corrected chi connectivity index (χ4v) is 1.39. The van der Waals surface area contributed by atoms with Gasteiger partial charge in [-0.15, -0.1) is 0 Å². The highest BCUT2D eigenvalue weighted by molar-refractivity contribution is 7.46. The van der Waals surface area contributed by atoms with Crippen LogP contribution in [-0.4, -0.2) is 12.6 Å². The van der Waals surface area contributed by atoms with E-state index in [2.05, 4.69) is 6.66 Å². The third-order valence-electron chi connectivity index (χ3n) is 1.44. The van der Waals surface area contributed by atoms with Crippen LogP contribution in [0.3, 0.4) is 0 Å². The Bertz CT molecular complexity index is 273. The monoisotopic (exact) mass is 167 g/mol. The van der Waals surface area contributed by atoms with Crippen molar-refractivity contribution in [2.75, 3.05) is 6.66 Å². The minimum absolute atomic E-state index is 0.356. The fourth-order valence-electron chi connectivity index (χ4n) is 0.828. The molecule has 0 fully saturated rings. The van der Waals surface area contributed by atoms with E-state index in [4.69, 9.17) is 5.73 Å². The Balaban J connectivity index is 3.01.